The Balaban J connectivity index is 2.26. The summed E-state index contributed by atoms with van der Waals surface area (Å²) in [5.74, 6) is -0.135. The Morgan fingerprint density at radius 2 is 1.97 bits per heavy atom. The fraction of sp³-hybridized carbons (Fsp3) is 0.455. The van der Waals surface area contributed by atoms with Gasteiger partial charge in [0.05, 0.1) is 29.9 Å². The predicted octanol–water partition coefficient (Wildman–Crippen LogP) is 4.30. The average Bonchev–Trinajstić information content (AvgIpc) is 3.11. The molecular weight excluding hydrogens is 408 g/mol. The molecule has 2 aliphatic rings. The van der Waals surface area contributed by atoms with Crippen LogP contribution in [-0.4, -0.2) is 36.8 Å². The summed E-state index contributed by atoms with van der Waals surface area (Å²) in [6.07, 6.45) is 1.56. The molecule has 1 N–H and O–H groups in total. The van der Waals surface area contributed by atoms with Gasteiger partial charge in [-0.15, -0.1) is 0 Å². The maximum Gasteiger partial charge on any atom is 0.513 e. The standard InChI is InChI=1S/C22H27ClN2O5/c1-7-13-8-9-15(25-12-14(23)11-24-25)10-16(13)17-18(26)21(2,3)30-22(4,5)19(17)29-20(27)28-6/h8-10,12,24H,7,11H2,1-6H3. The predicted molar refractivity (Wildman–Crippen MR) is 115 cm³/mol. The number of methoxy groups -OCH3 is 1. The van der Waals surface area contributed by atoms with Crippen molar-refractivity contribution in [2.24, 2.45) is 0 Å². The fourth-order valence-corrected chi connectivity index (χ4v) is 3.95. The summed E-state index contributed by atoms with van der Waals surface area (Å²) in [5.41, 5.74) is 3.77. The zero-order chi connectivity index (χ0) is 22.3. The number of aryl methyl sites for hydroxylation is 1. The van der Waals surface area contributed by atoms with Crippen LogP contribution in [0.3, 0.4) is 0 Å². The lowest BCUT2D eigenvalue weighted by molar-refractivity contribution is -0.158. The van der Waals surface area contributed by atoms with Crippen LogP contribution in [-0.2, 0) is 25.4 Å². The smallest absolute Gasteiger partial charge is 0.437 e. The molecule has 7 nitrogen and oxygen atoms in total. The van der Waals surface area contributed by atoms with Crippen molar-refractivity contribution in [3.05, 3.63) is 46.3 Å². The Hall–Kier alpha value is -2.35. The molecule has 2 heterocycles. The number of halogens is 1. The third-order valence-corrected chi connectivity index (χ3v) is 5.35. The number of nitrogens with one attached hydrogen (secondary N) is 1. The van der Waals surface area contributed by atoms with Crippen LogP contribution in [0.4, 0.5) is 10.5 Å². The van der Waals surface area contributed by atoms with Gasteiger partial charge in [0, 0.05) is 6.20 Å². The molecule has 30 heavy (non-hydrogen) atoms. The summed E-state index contributed by atoms with van der Waals surface area (Å²) in [7, 11) is 1.22. The first-order valence-electron chi connectivity index (χ1n) is 9.78. The summed E-state index contributed by atoms with van der Waals surface area (Å²) in [6, 6.07) is 5.80. The Kier molecular flexibility index (Phi) is 6.00. The highest BCUT2D eigenvalue weighted by molar-refractivity contribution is 6.30. The van der Waals surface area contributed by atoms with Crippen LogP contribution < -0.4 is 10.4 Å². The molecule has 0 amide bonds. The van der Waals surface area contributed by atoms with Crippen LogP contribution in [0.25, 0.3) is 5.57 Å². The molecule has 0 saturated carbocycles. The van der Waals surface area contributed by atoms with Gasteiger partial charge in [-0.1, -0.05) is 24.6 Å². The van der Waals surface area contributed by atoms with E-state index in [-0.39, 0.29) is 11.5 Å². The summed E-state index contributed by atoms with van der Waals surface area (Å²) in [4.78, 5) is 25.5. The number of ether oxygens (including phenoxy) is 3. The second-order valence-electron chi connectivity index (χ2n) is 8.19. The Morgan fingerprint density at radius 1 is 1.27 bits per heavy atom. The third kappa shape index (κ3) is 4.10. The lowest BCUT2D eigenvalue weighted by Gasteiger charge is -2.42. The number of Topliss-reactive ketones (excluding diaryl/α,β-unsaturated/α-hetero) is 1. The van der Waals surface area contributed by atoms with E-state index in [9.17, 15) is 9.59 Å². The van der Waals surface area contributed by atoms with Crippen LogP contribution in [0, 0.1) is 0 Å². The molecular formula is C22H27ClN2O5. The molecule has 0 saturated heterocycles. The Labute approximate surface area is 181 Å². The van der Waals surface area contributed by atoms with Gasteiger partial charge in [-0.25, -0.2) is 10.2 Å². The highest BCUT2D eigenvalue weighted by atomic mass is 35.5. The van der Waals surface area contributed by atoms with Gasteiger partial charge in [0.25, 0.3) is 0 Å². The van der Waals surface area contributed by atoms with Crippen LogP contribution in [0.15, 0.2) is 35.2 Å². The molecule has 162 valence electrons. The lowest BCUT2D eigenvalue weighted by Crippen LogP contribution is -2.50. The monoisotopic (exact) mass is 434 g/mol. The van der Waals surface area contributed by atoms with Crippen molar-refractivity contribution in [2.75, 3.05) is 18.7 Å². The molecule has 0 bridgehead atoms. The molecule has 1 aromatic rings. The Bertz CT molecular complexity index is 949. The first-order valence-corrected chi connectivity index (χ1v) is 10.2. The maximum absolute atomic E-state index is 13.5. The average molecular weight is 435 g/mol. The summed E-state index contributed by atoms with van der Waals surface area (Å²) < 4.78 is 16.2. The molecule has 0 unspecified atom stereocenters. The highest BCUT2D eigenvalue weighted by Crippen LogP contribution is 2.43. The van der Waals surface area contributed by atoms with Crippen molar-refractivity contribution in [2.45, 2.75) is 52.2 Å². The van der Waals surface area contributed by atoms with Gasteiger partial charge in [-0.3, -0.25) is 9.80 Å². The molecule has 1 aromatic carbocycles. The lowest BCUT2D eigenvalue weighted by atomic mass is 9.81. The van der Waals surface area contributed by atoms with E-state index in [2.05, 4.69) is 10.2 Å². The normalized spacial score (nSPS) is 20.3. The van der Waals surface area contributed by atoms with Crippen molar-refractivity contribution in [1.82, 2.24) is 5.43 Å². The van der Waals surface area contributed by atoms with Crippen molar-refractivity contribution in [1.29, 1.82) is 0 Å². The van der Waals surface area contributed by atoms with Gasteiger partial charge in [-0.05, 0) is 57.4 Å². The molecule has 2 aliphatic heterocycles. The van der Waals surface area contributed by atoms with E-state index in [1.54, 1.807) is 38.9 Å². The van der Waals surface area contributed by atoms with Gasteiger partial charge in [0.15, 0.2) is 11.5 Å². The summed E-state index contributed by atoms with van der Waals surface area (Å²) in [6.45, 7) is 9.49. The zero-order valence-corrected chi connectivity index (χ0v) is 18.8. The van der Waals surface area contributed by atoms with E-state index in [1.165, 1.54) is 7.11 Å². The second-order valence-corrected chi connectivity index (χ2v) is 8.67. The van der Waals surface area contributed by atoms with Gasteiger partial charge in [-0.2, -0.15) is 0 Å². The number of carbonyl (C=O) groups is 2. The first kappa shape index (κ1) is 22.3. The number of hydrazine groups is 1. The number of carbonyl (C=O) groups excluding carboxylic acids is 2. The minimum absolute atomic E-state index is 0.133. The molecule has 0 fully saturated rings. The number of hydrogen-bond acceptors (Lipinski definition) is 7. The number of ketones is 1. The molecule has 0 radical (unpaired) electrons. The van der Waals surface area contributed by atoms with E-state index in [0.717, 1.165) is 11.3 Å². The molecule has 8 heteroatoms. The molecule has 0 spiro atoms. The van der Waals surface area contributed by atoms with Crippen molar-refractivity contribution in [3.8, 4) is 0 Å². The maximum atomic E-state index is 13.5. The van der Waals surface area contributed by atoms with E-state index in [0.29, 0.717) is 29.1 Å². The number of benzene rings is 1. The van der Waals surface area contributed by atoms with Crippen LogP contribution in [0.2, 0.25) is 0 Å². The molecule has 3 rings (SSSR count). The number of nitrogens with zero attached hydrogens (tertiary/aromatic N) is 1. The number of anilines is 1. The minimum Gasteiger partial charge on any atom is -0.437 e. The molecule has 0 aliphatic carbocycles. The highest BCUT2D eigenvalue weighted by Gasteiger charge is 2.49. The second kappa shape index (κ2) is 8.06. The minimum atomic E-state index is -1.10. The Morgan fingerprint density at radius 3 is 2.53 bits per heavy atom. The van der Waals surface area contributed by atoms with E-state index < -0.39 is 17.4 Å². The SMILES string of the molecule is CCc1ccc(N2C=C(Cl)CN2)cc1C1=C(OC(=O)OC)C(C)(C)OC(C)(C)C1=O. The van der Waals surface area contributed by atoms with Crippen molar-refractivity contribution in [3.63, 3.8) is 0 Å². The van der Waals surface area contributed by atoms with Gasteiger partial charge in [0.2, 0.25) is 0 Å². The van der Waals surface area contributed by atoms with Gasteiger partial charge in [0.1, 0.15) is 11.2 Å². The summed E-state index contributed by atoms with van der Waals surface area (Å²) >= 11 is 6.10. The largest absolute Gasteiger partial charge is 0.513 e. The van der Waals surface area contributed by atoms with E-state index in [4.69, 9.17) is 21.1 Å². The quantitative estimate of drug-likeness (QED) is 0.707. The summed E-state index contributed by atoms with van der Waals surface area (Å²) in [5, 5.41) is 2.47. The number of rotatable bonds is 4. The zero-order valence-electron chi connectivity index (χ0n) is 18.1. The molecule has 0 aromatic heterocycles. The third-order valence-electron chi connectivity index (χ3n) is 5.12. The van der Waals surface area contributed by atoms with Crippen molar-refractivity contribution < 1.29 is 23.8 Å². The van der Waals surface area contributed by atoms with Crippen LogP contribution in [0.1, 0.15) is 45.7 Å². The van der Waals surface area contributed by atoms with E-state index >= 15 is 0 Å². The fourth-order valence-electron chi connectivity index (χ4n) is 3.79. The molecule has 0 atom stereocenters. The number of hydrogen-bond donors (Lipinski definition) is 1. The van der Waals surface area contributed by atoms with E-state index in [1.807, 2.05) is 25.1 Å². The van der Waals surface area contributed by atoms with Gasteiger partial charge >= 0.3 is 6.16 Å². The van der Waals surface area contributed by atoms with Crippen LogP contribution >= 0.6 is 11.6 Å². The van der Waals surface area contributed by atoms with Crippen molar-refractivity contribution >= 4 is 34.8 Å². The van der Waals surface area contributed by atoms with Gasteiger partial charge < -0.3 is 14.2 Å². The topological polar surface area (TPSA) is 77.1 Å². The first-order chi connectivity index (χ1) is 14.0. The van der Waals surface area contributed by atoms with Crippen LogP contribution in [0.5, 0.6) is 0 Å².